The monoisotopic (exact) mass is 1120 g/mol. The van der Waals surface area contributed by atoms with Crippen LogP contribution < -0.4 is 36.2 Å². The van der Waals surface area contributed by atoms with Crippen LogP contribution in [0.2, 0.25) is 5.02 Å². The van der Waals surface area contributed by atoms with Crippen LogP contribution in [0.25, 0.3) is 0 Å². The van der Waals surface area contributed by atoms with E-state index in [1.165, 1.54) is 51.8 Å². The summed E-state index contributed by atoms with van der Waals surface area (Å²) in [4.78, 5) is 121. The molecule has 25 heteroatoms. The minimum atomic E-state index is -1.85. The standard InChI is InChI=1S/C38H54ClN5O11.C8H13NO3.C5H10N2O2.C2H6/c1-21-11-10-12-28(52-9)38(50)19-27(53-36(49)42-38)22(2)34-37(4,55-34)29(18-32(47)44(7)25-16-24(15-21)17-26(51-8)33(25)39)54-35(48)23(3)43(6)31(46)13-14-41-30(45)20-40-5;1-7(11)9(8(2)12)5-3-4-6-10;1-6-4-5(9)7-2-3-8;1-2/h10-12,16-17,22-23,27-29,34,40,50H,13-15,18-20H2,1-9H3,(H,41,45)(H,42,49);6H,3-5H2,1-2H3;3,6H,2,4H2,1H3,(H,7,9);1-2H3/b12-10+,21-11+;;;. The summed E-state index contributed by atoms with van der Waals surface area (Å²) >= 11 is 6.75. The number of hydrogen-bond acceptors (Lipinski definition) is 18. The molecule has 438 valence electrons. The van der Waals surface area contributed by atoms with Crippen molar-refractivity contribution in [3.8, 4) is 5.75 Å². The van der Waals surface area contributed by atoms with Crippen LogP contribution in [0.5, 0.6) is 5.75 Å². The minimum absolute atomic E-state index is 0.0592. The lowest BCUT2D eigenvalue weighted by atomic mass is 9.83. The Kier molecular flexibility index (Phi) is 30.9. The number of aldehydes is 2. The van der Waals surface area contributed by atoms with E-state index < -0.39 is 71.6 Å². The number of halogens is 1. The molecule has 8 atom stereocenters. The summed E-state index contributed by atoms with van der Waals surface area (Å²) in [6.45, 7) is 14.4. The molecule has 2 fully saturated rings. The molecule has 6 N–H and O–H groups in total. The van der Waals surface area contributed by atoms with Gasteiger partial charge in [0, 0.05) is 73.3 Å². The number of benzene rings is 1. The van der Waals surface area contributed by atoms with Gasteiger partial charge in [-0.2, -0.15) is 0 Å². The van der Waals surface area contributed by atoms with Crippen molar-refractivity contribution in [1.82, 2.24) is 36.4 Å². The van der Waals surface area contributed by atoms with Gasteiger partial charge in [-0.15, -0.1) is 0 Å². The maximum absolute atomic E-state index is 14.1. The number of carbonyl (C=O) groups is 10. The molecular formula is C53H83ClN8O16. The summed E-state index contributed by atoms with van der Waals surface area (Å²) in [5, 5.41) is 24.8. The van der Waals surface area contributed by atoms with E-state index >= 15 is 0 Å². The minimum Gasteiger partial charge on any atom is -0.495 e. The summed E-state index contributed by atoms with van der Waals surface area (Å²) in [5.41, 5.74) is -1.03. The molecule has 4 bridgehead atoms. The number of amides is 7. The Morgan fingerprint density at radius 3 is 2.18 bits per heavy atom. The second-order valence-electron chi connectivity index (χ2n) is 18.5. The smallest absolute Gasteiger partial charge is 0.409 e. The molecule has 0 saturated carbocycles. The van der Waals surface area contributed by atoms with Crippen LogP contribution in [0.3, 0.4) is 0 Å². The number of alkyl carbamates (subject to hydrolysis) is 1. The third-order valence-corrected chi connectivity index (χ3v) is 13.1. The van der Waals surface area contributed by atoms with E-state index in [0.29, 0.717) is 43.5 Å². The van der Waals surface area contributed by atoms with Gasteiger partial charge in [0.05, 0.1) is 45.0 Å². The third kappa shape index (κ3) is 21.5. The van der Waals surface area contributed by atoms with Gasteiger partial charge in [0.25, 0.3) is 0 Å². The number of carbonyl (C=O) groups excluding carboxylic acids is 10. The molecule has 0 aromatic heterocycles. The Morgan fingerprint density at radius 1 is 1.01 bits per heavy atom. The molecule has 4 rings (SSSR count). The van der Waals surface area contributed by atoms with Crippen LogP contribution in [0, 0.1) is 5.92 Å². The van der Waals surface area contributed by atoms with Crippen LogP contribution in [-0.4, -0.2) is 192 Å². The zero-order valence-electron chi connectivity index (χ0n) is 47.6. The van der Waals surface area contributed by atoms with Crippen LogP contribution >= 0.6 is 11.6 Å². The molecule has 24 nitrogen and oxygen atoms in total. The van der Waals surface area contributed by atoms with Crippen molar-refractivity contribution >= 4 is 77.4 Å². The number of hydrogen-bond donors (Lipinski definition) is 6. The first-order chi connectivity index (χ1) is 36.8. The summed E-state index contributed by atoms with van der Waals surface area (Å²) in [5.74, 6) is -2.85. The number of imide groups is 1. The average Bonchev–Trinajstić information content (AvgIpc) is 4.09. The fourth-order valence-corrected chi connectivity index (χ4v) is 8.49. The Hall–Kier alpha value is -6.31. The van der Waals surface area contributed by atoms with E-state index in [9.17, 15) is 53.1 Å². The normalized spacial score (nSPS) is 23.9. The maximum atomic E-state index is 14.1. The number of methoxy groups -OCH3 is 2. The van der Waals surface area contributed by atoms with E-state index in [-0.39, 0.29) is 74.1 Å². The van der Waals surface area contributed by atoms with E-state index in [1.807, 2.05) is 26.8 Å². The predicted octanol–water partition coefficient (Wildman–Crippen LogP) is 2.15. The van der Waals surface area contributed by atoms with Crippen molar-refractivity contribution in [3.63, 3.8) is 0 Å². The highest BCUT2D eigenvalue weighted by atomic mass is 35.5. The molecule has 1 aromatic carbocycles. The highest BCUT2D eigenvalue weighted by Crippen LogP contribution is 2.49. The number of rotatable bonds is 18. The third-order valence-electron chi connectivity index (χ3n) is 12.7. The van der Waals surface area contributed by atoms with Crippen LogP contribution in [0.15, 0.2) is 35.9 Å². The first-order valence-electron chi connectivity index (χ1n) is 25.6. The van der Waals surface area contributed by atoms with Crippen LogP contribution in [-0.2, 0) is 68.5 Å². The molecule has 3 heterocycles. The Morgan fingerprint density at radius 2 is 1.63 bits per heavy atom. The Balaban J connectivity index is 0.00000110. The number of likely N-dealkylation sites (N-methyl/N-ethyl adjacent to an activating group) is 3. The summed E-state index contributed by atoms with van der Waals surface area (Å²) < 4.78 is 29.1. The van der Waals surface area contributed by atoms with Gasteiger partial charge in [0.2, 0.25) is 35.4 Å². The lowest BCUT2D eigenvalue weighted by molar-refractivity contribution is -0.162. The highest BCUT2D eigenvalue weighted by Gasteiger charge is 2.64. The lowest BCUT2D eigenvalue weighted by Crippen LogP contribution is -2.63. The average molecular weight is 1120 g/mol. The number of aliphatic hydroxyl groups is 1. The molecule has 3 aliphatic heterocycles. The lowest BCUT2D eigenvalue weighted by Gasteiger charge is -2.42. The van der Waals surface area contributed by atoms with Gasteiger partial charge in [0.1, 0.15) is 53.3 Å². The molecule has 2 saturated heterocycles. The summed E-state index contributed by atoms with van der Waals surface area (Å²) in [6.07, 6.45) is 2.97. The molecule has 0 aliphatic carbocycles. The van der Waals surface area contributed by atoms with Gasteiger partial charge >= 0.3 is 12.1 Å². The number of anilines is 1. The van der Waals surface area contributed by atoms with Crippen molar-refractivity contribution in [1.29, 1.82) is 0 Å². The molecule has 8 unspecified atom stereocenters. The first kappa shape index (κ1) is 69.7. The van der Waals surface area contributed by atoms with Crippen molar-refractivity contribution in [3.05, 3.63) is 46.5 Å². The number of unbranched alkanes of at least 4 members (excludes halogenated alkanes) is 1. The Labute approximate surface area is 463 Å². The van der Waals surface area contributed by atoms with E-state index in [1.54, 1.807) is 59.3 Å². The number of ether oxygens (including phenoxy) is 5. The molecule has 7 amide bonds. The van der Waals surface area contributed by atoms with Gasteiger partial charge < -0.3 is 69.4 Å². The molecule has 1 aromatic rings. The highest BCUT2D eigenvalue weighted by molar-refractivity contribution is 6.35. The molecule has 3 aliphatic rings. The number of esters is 1. The predicted molar refractivity (Wildman–Crippen MR) is 290 cm³/mol. The maximum Gasteiger partial charge on any atom is 0.409 e. The number of nitrogens with zero attached hydrogens (tertiary/aromatic N) is 3. The summed E-state index contributed by atoms with van der Waals surface area (Å²) in [6, 6.07) is 2.48. The van der Waals surface area contributed by atoms with Gasteiger partial charge in [-0.1, -0.05) is 56.2 Å². The first-order valence-corrected chi connectivity index (χ1v) is 26.0. The molecular weight excluding hydrogens is 1040 g/mol. The SMILES string of the molecule is CC.CC(=O)N(CCCC=O)C(C)=O.CNCC(=O)NCC=O.CNCC(=O)NCCC(=O)N(C)C(C)C(=O)OC1CC(=O)N(C)c2cc(cc(OC)c2Cl)C/C(C)=C/C=C/C(OC)C2(O)CC(OC(=O)N2)C(C)C2OC12C. The zero-order valence-corrected chi connectivity index (χ0v) is 48.3. The van der Waals surface area contributed by atoms with Crippen molar-refractivity contribution in [2.45, 2.75) is 136 Å². The van der Waals surface area contributed by atoms with Crippen LogP contribution in [0.1, 0.15) is 93.1 Å². The van der Waals surface area contributed by atoms with E-state index in [2.05, 4.69) is 26.6 Å². The number of nitrogens with one attached hydrogen (secondary N) is 5. The fourth-order valence-electron chi connectivity index (χ4n) is 8.17. The number of allylic oxidation sites excluding steroid dienone is 3. The van der Waals surface area contributed by atoms with Crippen molar-refractivity contribution in [2.75, 3.05) is 80.0 Å². The van der Waals surface area contributed by atoms with Crippen LogP contribution in [0.4, 0.5) is 10.5 Å². The summed E-state index contributed by atoms with van der Waals surface area (Å²) in [7, 11) is 9.19. The van der Waals surface area contributed by atoms with Crippen molar-refractivity contribution < 1.29 is 76.7 Å². The fraction of sp³-hybridized carbons (Fsp3) is 0.623. The number of fused-ring (bicyclic) bond motifs is 5. The second kappa shape index (κ2) is 34.5. The zero-order chi connectivity index (χ0) is 59.5. The van der Waals surface area contributed by atoms with Gasteiger partial charge in [0.15, 0.2) is 5.72 Å². The quantitative estimate of drug-likeness (QED) is 0.0531. The largest absolute Gasteiger partial charge is 0.495 e. The van der Waals surface area contributed by atoms with Gasteiger partial charge in [-0.3, -0.25) is 39.0 Å². The molecule has 0 radical (unpaired) electrons. The number of epoxide rings is 1. The molecule has 78 heavy (non-hydrogen) atoms. The van der Waals surface area contributed by atoms with Gasteiger partial charge in [-0.25, -0.2) is 9.59 Å². The van der Waals surface area contributed by atoms with Crippen molar-refractivity contribution in [2.24, 2.45) is 5.92 Å². The second-order valence-corrected chi connectivity index (χ2v) is 18.9. The van der Waals surface area contributed by atoms with E-state index in [0.717, 1.165) is 22.3 Å². The van der Waals surface area contributed by atoms with Gasteiger partial charge in [-0.05, 0) is 65.4 Å². The topological polar surface area (TPSA) is 310 Å². The Bertz CT molecular complexity index is 2270. The molecule has 0 spiro atoms. The van der Waals surface area contributed by atoms with E-state index in [4.69, 9.17) is 35.3 Å².